The molecule has 3 saturated heterocycles. The second kappa shape index (κ2) is 47.6. The van der Waals surface area contributed by atoms with Crippen LogP contribution in [-0.4, -0.2) is 360 Å². The van der Waals surface area contributed by atoms with Crippen molar-refractivity contribution in [1.29, 1.82) is 0 Å². The first-order chi connectivity index (χ1) is 44.3. The number of phosphoric acid groups is 2. The predicted molar refractivity (Wildman–Crippen MR) is 309 cm³/mol. The molecule has 3 fully saturated rings. The van der Waals surface area contributed by atoms with Crippen molar-refractivity contribution in [2.24, 2.45) is 5.41 Å². The van der Waals surface area contributed by atoms with Crippen molar-refractivity contribution in [1.82, 2.24) is 16.0 Å². The van der Waals surface area contributed by atoms with E-state index in [1.807, 2.05) is 6.92 Å². The molecule has 0 aromatic heterocycles. The summed E-state index contributed by atoms with van der Waals surface area (Å²) in [6.07, 6.45) is -22.3. The standard InChI is InChI=1S/C52H99N3O36P2/c1-3-74-28-34-40(59)43(62)46(65)49(89-34)84-25-22-78-19-16-75-13-7-53-37(56)4-10-81-31-52(2,32-82-11-5-38(57)54-8-14-76-17-20-79-23-26-85-50-47(66)44(63)41(60)35(90-50)29-87-92(68,69)70)33-83-12-6-39(58)55-9-15-77-18-21-80-24-27-86-51-48(67)45(64)42(61)36(91-51)30-88-93(71,72)73/h34-36,40-51,59-67H,3-33H2,1-2H3,(H,53,56)(H,54,57)(H,55,58)(H2,68,69,70)(H2,71,72,73). The van der Waals surface area contributed by atoms with Gasteiger partial charge < -0.3 is 157 Å². The summed E-state index contributed by atoms with van der Waals surface area (Å²) in [6.45, 7) is 4.50. The topological polar surface area (TPSA) is 551 Å². The second-order valence-electron chi connectivity index (χ2n) is 21.3. The average molecular weight is 1400 g/mol. The van der Waals surface area contributed by atoms with Crippen LogP contribution in [0.3, 0.4) is 0 Å². The number of ether oxygens (including phenoxy) is 16. The van der Waals surface area contributed by atoms with Gasteiger partial charge in [-0.1, -0.05) is 6.92 Å². The quantitative estimate of drug-likeness (QED) is 0.0199. The zero-order valence-electron chi connectivity index (χ0n) is 52.2. The van der Waals surface area contributed by atoms with Crippen LogP contribution in [-0.2, 0) is 108 Å². The van der Waals surface area contributed by atoms with Gasteiger partial charge in [-0.2, -0.15) is 0 Å². The highest BCUT2D eigenvalue weighted by Gasteiger charge is 2.47. The van der Waals surface area contributed by atoms with E-state index < -0.39 is 126 Å². The molecular formula is C52H99N3O36P2. The molecule has 0 saturated carbocycles. The summed E-state index contributed by atoms with van der Waals surface area (Å²) in [5.74, 6) is -0.943. The Balaban J connectivity index is 1.29. The molecule has 15 atom stereocenters. The minimum absolute atomic E-state index is 0.00308. The molecule has 548 valence electrons. The lowest BCUT2D eigenvalue weighted by molar-refractivity contribution is -0.304. The molecule has 3 amide bonds. The number of amides is 3. The van der Waals surface area contributed by atoms with Crippen LogP contribution in [0.5, 0.6) is 0 Å². The van der Waals surface area contributed by atoms with Gasteiger partial charge in [-0.15, -0.1) is 0 Å². The van der Waals surface area contributed by atoms with Crippen LogP contribution in [0, 0.1) is 5.41 Å². The lowest BCUT2D eigenvalue weighted by Gasteiger charge is -2.40. The molecule has 0 aromatic carbocycles. The minimum Gasteiger partial charge on any atom is -0.387 e. The first kappa shape index (κ1) is 84.9. The highest BCUT2D eigenvalue weighted by Crippen LogP contribution is 2.38. The van der Waals surface area contributed by atoms with Crippen LogP contribution < -0.4 is 16.0 Å². The van der Waals surface area contributed by atoms with E-state index >= 15 is 0 Å². The minimum atomic E-state index is -4.90. The number of hydrogen-bond acceptors (Lipinski definition) is 32. The van der Waals surface area contributed by atoms with Gasteiger partial charge in [0.25, 0.3) is 0 Å². The van der Waals surface area contributed by atoms with E-state index in [1.165, 1.54) is 0 Å². The third-order valence-corrected chi connectivity index (χ3v) is 14.4. The van der Waals surface area contributed by atoms with Gasteiger partial charge in [-0.05, 0) is 6.92 Å². The van der Waals surface area contributed by atoms with Gasteiger partial charge in [0.05, 0.1) is 159 Å². The van der Waals surface area contributed by atoms with Gasteiger partial charge in [0.1, 0.15) is 73.2 Å². The Labute approximate surface area is 537 Å². The molecule has 0 spiro atoms. The van der Waals surface area contributed by atoms with Crippen LogP contribution >= 0.6 is 15.6 Å². The van der Waals surface area contributed by atoms with E-state index in [4.69, 9.17) is 95.4 Å². The largest absolute Gasteiger partial charge is 0.469 e. The normalized spacial score (nSPS) is 27.6. The maximum Gasteiger partial charge on any atom is 0.469 e. The fourth-order valence-corrected chi connectivity index (χ4v) is 9.10. The van der Waals surface area contributed by atoms with Crippen molar-refractivity contribution in [3.05, 3.63) is 0 Å². The van der Waals surface area contributed by atoms with Gasteiger partial charge in [0.2, 0.25) is 17.7 Å². The van der Waals surface area contributed by atoms with Crippen molar-refractivity contribution in [2.45, 2.75) is 125 Å². The number of nitrogens with one attached hydrogen (secondary N) is 3. The van der Waals surface area contributed by atoms with Crippen molar-refractivity contribution in [2.75, 3.05) is 185 Å². The van der Waals surface area contributed by atoms with Crippen LogP contribution in [0.25, 0.3) is 0 Å². The molecule has 15 unspecified atom stereocenters. The summed E-state index contributed by atoms with van der Waals surface area (Å²) in [5, 5.41) is 99.2. The van der Waals surface area contributed by atoms with E-state index in [0.717, 1.165) is 0 Å². The number of carbonyl (C=O) groups excluding carboxylic acids is 3. The van der Waals surface area contributed by atoms with E-state index in [1.54, 1.807) is 6.92 Å². The fraction of sp³-hybridized carbons (Fsp3) is 0.942. The third-order valence-electron chi connectivity index (χ3n) is 13.4. The Morgan fingerprint density at radius 2 is 0.634 bits per heavy atom. The molecule has 0 aromatic rings. The molecule has 39 nitrogen and oxygen atoms in total. The molecule has 3 aliphatic rings. The van der Waals surface area contributed by atoms with E-state index in [9.17, 15) is 69.5 Å². The molecule has 3 heterocycles. The predicted octanol–water partition coefficient (Wildman–Crippen LogP) is -7.61. The highest BCUT2D eigenvalue weighted by atomic mass is 31.2. The van der Waals surface area contributed by atoms with Crippen LogP contribution in [0.2, 0.25) is 0 Å². The van der Waals surface area contributed by atoms with Gasteiger partial charge >= 0.3 is 15.6 Å². The smallest absolute Gasteiger partial charge is 0.387 e. The Bertz CT molecular complexity index is 2000. The number of hydrogen-bond donors (Lipinski definition) is 16. The van der Waals surface area contributed by atoms with Crippen LogP contribution in [0.15, 0.2) is 0 Å². The molecule has 3 aliphatic heterocycles. The van der Waals surface area contributed by atoms with Gasteiger partial charge in [0.15, 0.2) is 18.9 Å². The Morgan fingerprint density at radius 3 is 0.914 bits per heavy atom. The van der Waals surface area contributed by atoms with Crippen LogP contribution in [0.4, 0.5) is 0 Å². The molecule has 41 heteroatoms. The van der Waals surface area contributed by atoms with Crippen LogP contribution in [0.1, 0.15) is 33.1 Å². The molecule has 93 heavy (non-hydrogen) atoms. The summed E-state index contributed by atoms with van der Waals surface area (Å²) >= 11 is 0. The summed E-state index contributed by atoms with van der Waals surface area (Å²) in [4.78, 5) is 73.4. The molecule has 16 N–H and O–H groups in total. The third kappa shape index (κ3) is 36.9. The van der Waals surface area contributed by atoms with Gasteiger partial charge in [0, 0.05) is 50.9 Å². The highest BCUT2D eigenvalue weighted by molar-refractivity contribution is 7.46. The fourth-order valence-electron chi connectivity index (χ4n) is 8.41. The number of aliphatic hydroxyl groups excluding tert-OH is 9. The van der Waals surface area contributed by atoms with E-state index in [2.05, 4.69) is 25.0 Å². The summed E-state index contributed by atoms with van der Waals surface area (Å²) < 4.78 is 119. The first-order valence-electron chi connectivity index (χ1n) is 30.2. The number of phosphoric ester groups is 2. The maximum absolute atomic E-state index is 12.6. The lowest BCUT2D eigenvalue weighted by atomic mass is 9.94. The molecule has 0 bridgehead atoms. The maximum atomic E-state index is 12.6. The van der Waals surface area contributed by atoms with Gasteiger partial charge in [-0.3, -0.25) is 23.4 Å². The molecule has 3 rings (SSSR count). The Kier molecular flexibility index (Phi) is 43.4. The van der Waals surface area contributed by atoms with Crippen molar-refractivity contribution < 1.29 is 174 Å². The molecule has 0 radical (unpaired) electrons. The van der Waals surface area contributed by atoms with E-state index in [0.29, 0.717) is 6.61 Å². The summed E-state index contributed by atoms with van der Waals surface area (Å²) in [5.41, 5.74) is -0.795. The Hall–Kier alpha value is -2.37. The number of rotatable bonds is 54. The van der Waals surface area contributed by atoms with E-state index in [-0.39, 0.29) is 202 Å². The summed E-state index contributed by atoms with van der Waals surface area (Å²) in [6, 6.07) is 0. The van der Waals surface area contributed by atoms with Crippen molar-refractivity contribution in [3.63, 3.8) is 0 Å². The molecular weight excluding hydrogens is 1300 g/mol. The molecule has 0 aliphatic carbocycles. The number of carbonyl (C=O) groups is 3. The average Bonchev–Trinajstić information content (AvgIpc) is 0.871. The lowest BCUT2D eigenvalue weighted by Crippen LogP contribution is -2.59. The number of aliphatic hydroxyl groups is 9. The zero-order valence-corrected chi connectivity index (χ0v) is 54.0. The summed E-state index contributed by atoms with van der Waals surface area (Å²) in [7, 11) is -9.81. The Morgan fingerprint density at radius 1 is 0.366 bits per heavy atom. The zero-order chi connectivity index (χ0) is 68.7. The van der Waals surface area contributed by atoms with Gasteiger partial charge in [-0.25, -0.2) is 9.13 Å². The first-order valence-corrected chi connectivity index (χ1v) is 33.2. The second-order valence-corrected chi connectivity index (χ2v) is 23.8. The monoisotopic (exact) mass is 1400 g/mol. The SMILES string of the molecule is CCOCC1OC(OCCOCCOCCNC(=O)CCOCC(C)(COCCC(=O)NCCOCCOCCOC2OC(COP(=O)(O)O)C(O)C(O)C2O)COCCC(=O)NCCOCCOCCOC2OC(COP(=O)(O)O)C(O)C(O)C2O)C(O)C(O)C1O. The van der Waals surface area contributed by atoms with Crippen molar-refractivity contribution in [3.8, 4) is 0 Å². The van der Waals surface area contributed by atoms with Crippen molar-refractivity contribution >= 4 is 33.4 Å².